The number of amides is 1. The van der Waals surface area contributed by atoms with Crippen LogP contribution < -0.4 is 0 Å². The molecule has 2 aromatic carbocycles. The van der Waals surface area contributed by atoms with Crippen LogP contribution in [0.4, 0.5) is 8.78 Å². The lowest BCUT2D eigenvalue weighted by Gasteiger charge is -2.17. The van der Waals surface area contributed by atoms with Gasteiger partial charge in [-0.1, -0.05) is 12.1 Å². The molecule has 0 saturated carbocycles. The molecular formula is C23H21F2N3O3. The molecule has 0 bridgehead atoms. The Morgan fingerprint density at radius 1 is 1.10 bits per heavy atom. The van der Waals surface area contributed by atoms with E-state index in [0.29, 0.717) is 17.7 Å². The van der Waals surface area contributed by atoms with Gasteiger partial charge in [0.25, 0.3) is 5.91 Å². The number of nitrogens with zero attached hydrogens (tertiary/aromatic N) is 3. The van der Waals surface area contributed by atoms with Crippen molar-refractivity contribution in [1.29, 1.82) is 0 Å². The molecule has 0 unspecified atom stereocenters. The van der Waals surface area contributed by atoms with E-state index in [1.165, 1.54) is 29.2 Å². The van der Waals surface area contributed by atoms with Crippen LogP contribution in [0.15, 0.2) is 48.5 Å². The van der Waals surface area contributed by atoms with Gasteiger partial charge < -0.3 is 9.64 Å². The van der Waals surface area contributed by atoms with Crippen molar-refractivity contribution in [3.05, 3.63) is 82.7 Å². The quantitative estimate of drug-likeness (QED) is 0.568. The zero-order chi connectivity index (χ0) is 22.0. The van der Waals surface area contributed by atoms with Crippen LogP contribution >= 0.6 is 0 Å². The average molecular weight is 425 g/mol. The Morgan fingerprint density at radius 3 is 2.61 bits per heavy atom. The molecular weight excluding hydrogens is 404 g/mol. The van der Waals surface area contributed by atoms with Crippen LogP contribution in [0.5, 0.6) is 0 Å². The number of halogens is 2. The first-order valence-electron chi connectivity index (χ1n) is 9.94. The zero-order valence-corrected chi connectivity index (χ0v) is 17.0. The maximum atomic E-state index is 13.3. The van der Waals surface area contributed by atoms with Gasteiger partial charge in [0, 0.05) is 24.8 Å². The molecule has 1 heterocycles. The molecule has 1 aromatic heterocycles. The number of benzene rings is 2. The molecule has 1 aliphatic rings. The molecule has 0 spiro atoms. The molecule has 0 radical (unpaired) electrons. The monoisotopic (exact) mass is 425 g/mol. The standard InChI is InChI=1S/C23H21F2N3O3/c1-27(13-15-4-2-5-17(25)12-15)21(29)14-31-23(30)22-19-6-3-7-20(19)28(26-22)18-10-8-16(24)9-11-18/h2,4-5,8-12H,3,6-7,13-14H2,1H3. The zero-order valence-electron chi connectivity index (χ0n) is 17.0. The molecule has 0 fully saturated rings. The van der Waals surface area contributed by atoms with Gasteiger partial charge in [-0.2, -0.15) is 5.10 Å². The SMILES string of the molecule is CN(Cc1cccc(F)c1)C(=O)COC(=O)c1nn(-c2ccc(F)cc2)c2c1CCC2. The van der Waals surface area contributed by atoms with Gasteiger partial charge in [0.15, 0.2) is 12.3 Å². The second-order valence-electron chi connectivity index (χ2n) is 7.47. The van der Waals surface area contributed by atoms with Crippen LogP contribution in [-0.2, 0) is 28.9 Å². The van der Waals surface area contributed by atoms with Crippen molar-refractivity contribution in [2.24, 2.45) is 0 Å². The number of hydrogen-bond donors (Lipinski definition) is 0. The van der Waals surface area contributed by atoms with Gasteiger partial charge in [-0.15, -0.1) is 0 Å². The number of likely N-dealkylation sites (N-methyl/N-ethyl adjacent to an activating group) is 1. The highest BCUT2D eigenvalue weighted by Crippen LogP contribution is 2.28. The van der Waals surface area contributed by atoms with E-state index in [1.54, 1.807) is 36.0 Å². The Labute approximate surface area is 178 Å². The molecule has 31 heavy (non-hydrogen) atoms. The predicted octanol–water partition coefficient (Wildman–Crippen LogP) is 3.45. The number of carbonyl (C=O) groups is 2. The molecule has 0 N–H and O–H groups in total. The van der Waals surface area contributed by atoms with E-state index in [4.69, 9.17) is 4.74 Å². The number of aromatic nitrogens is 2. The molecule has 160 valence electrons. The third kappa shape index (κ3) is 4.47. The highest BCUT2D eigenvalue weighted by Gasteiger charge is 2.28. The Bertz CT molecular complexity index is 1130. The molecule has 6 nitrogen and oxygen atoms in total. The lowest BCUT2D eigenvalue weighted by molar-refractivity contribution is -0.133. The van der Waals surface area contributed by atoms with Crippen LogP contribution in [0, 0.1) is 11.6 Å². The molecule has 0 saturated heterocycles. The summed E-state index contributed by atoms with van der Waals surface area (Å²) in [7, 11) is 1.56. The summed E-state index contributed by atoms with van der Waals surface area (Å²) in [5, 5.41) is 4.39. The highest BCUT2D eigenvalue weighted by molar-refractivity contribution is 5.91. The normalized spacial score (nSPS) is 12.5. The van der Waals surface area contributed by atoms with E-state index >= 15 is 0 Å². The van der Waals surface area contributed by atoms with Crippen molar-refractivity contribution in [3.63, 3.8) is 0 Å². The predicted molar refractivity (Wildman–Crippen MR) is 109 cm³/mol. The van der Waals surface area contributed by atoms with E-state index in [2.05, 4.69) is 5.10 Å². The van der Waals surface area contributed by atoms with Gasteiger partial charge in [0.1, 0.15) is 11.6 Å². The van der Waals surface area contributed by atoms with Crippen LogP contribution in [0.1, 0.15) is 33.7 Å². The number of esters is 1. The fraction of sp³-hybridized carbons (Fsp3) is 0.261. The summed E-state index contributed by atoms with van der Waals surface area (Å²) in [6, 6.07) is 11.8. The number of fused-ring (bicyclic) bond motifs is 1. The molecule has 1 aliphatic carbocycles. The Morgan fingerprint density at radius 2 is 1.87 bits per heavy atom. The van der Waals surface area contributed by atoms with E-state index in [9.17, 15) is 18.4 Å². The average Bonchev–Trinajstić information content (AvgIpc) is 3.35. The maximum Gasteiger partial charge on any atom is 0.359 e. The largest absolute Gasteiger partial charge is 0.451 e. The van der Waals surface area contributed by atoms with Crippen LogP contribution in [0.3, 0.4) is 0 Å². The molecule has 0 aliphatic heterocycles. The fourth-order valence-corrected chi connectivity index (χ4v) is 3.70. The van der Waals surface area contributed by atoms with Crippen molar-refractivity contribution in [2.75, 3.05) is 13.7 Å². The lowest BCUT2D eigenvalue weighted by atomic mass is 10.2. The van der Waals surface area contributed by atoms with Gasteiger partial charge >= 0.3 is 5.97 Å². The summed E-state index contributed by atoms with van der Waals surface area (Å²) in [4.78, 5) is 26.4. The molecule has 1 amide bonds. The topological polar surface area (TPSA) is 64.4 Å². The molecule has 4 rings (SSSR count). The summed E-state index contributed by atoms with van der Waals surface area (Å²) in [5.41, 5.74) is 3.17. The highest BCUT2D eigenvalue weighted by atomic mass is 19.1. The minimum Gasteiger partial charge on any atom is -0.451 e. The Kier molecular flexibility index (Phi) is 5.79. The fourth-order valence-electron chi connectivity index (χ4n) is 3.70. The van der Waals surface area contributed by atoms with E-state index < -0.39 is 18.5 Å². The molecule has 0 atom stereocenters. The Balaban J connectivity index is 1.43. The second-order valence-corrected chi connectivity index (χ2v) is 7.47. The number of carbonyl (C=O) groups excluding carboxylic acids is 2. The van der Waals surface area contributed by atoms with Crippen molar-refractivity contribution < 1.29 is 23.1 Å². The van der Waals surface area contributed by atoms with Gasteiger partial charge in [-0.05, 0) is 61.2 Å². The van der Waals surface area contributed by atoms with Crippen molar-refractivity contribution in [3.8, 4) is 5.69 Å². The summed E-state index contributed by atoms with van der Waals surface area (Å²) >= 11 is 0. The van der Waals surface area contributed by atoms with Crippen molar-refractivity contribution in [1.82, 2.24) is 14.7 Å². The lowest BCUT2D eigenvalue weighted by Crippen LogP contribution is -2.31. The van der Waals surface area contributed by atoms with E-state index in [-0.39, 0.29) is 23.9 Å². The summed E-state index contributed by atoms with van der Waals surface area (Å²) in [5.74, 6) is -1.82. The van der Waals surface area contributed by atoms with Gasteiger partial charge in [-0.25, -0.2) is 18.3 Å². The first kappa shape index (κ1) is 20.7. The number of ether oxygens (including phenoxy) is 1. The van der Waals surface area contributed by atoms with Crippen LogP contribution in [-0.4, -0.2) is 40.2 Å². The van der Waals surface area contributed by atoms with E-state index in [0.717, 1.165) is 24.1 Å². The third-order valence-corrected chi connectivity index (χ3v) is 5.26. The third-order valence-electron chi connectivity index (χ3n) is 5.26. The summed E-state index contributed by atoms with van der Waals surface area (Å²) in [6.45, 7) is -0.244. The minimum atomic E-state index is -0.675. The van der Waals surface area contributed by atoms with Gasteiger partial charge in [0.05, 0.1) is 5.69 Å². The number of hydrogen-bond acceptors (Lipinski definition) is 4. The van der Waals surface area contributed by atoms with Crippen LogP contribution in [0.25, 0.3) is 5.69 Å². The van der Waals surface area contributed by atoms with E-state index in [1.807, 2.05) is 0 Å². The molecule has 8 heteroatoms. The Hall–Kier alpha value is -3.55. The first-order valence-corrected chi connectivity index (χ1v) is 9.94. The van der Waals surface area contributed by atoms with Crippen molar-refractivity contribution in [2.45, 2.75) is 25.8 Å². The van der Waals surface area contributed by atoms with Crippen LogP contribution in [0.2, 0.25) is 0 Å². The van der Waals surface area contributed by atoms with Gasteiger partial charge in [-0.3, -0.25) is 4.79 Å². The number of rotatable bonds is 6. The smallest absolute Gasteiger partial charge is 0.359 e. The molecule has 3 aromatic rings. The summed E-state index contributed by atoms with van der Waals surface area (Å²) in [6.07, 6.45) is 2.32. The second kappa shape index (κ2) is 8.67. The maximum absolute atomic E-state index is 13.3. The van der Waals surface area contributed by atoms with Gasteiger partial charge in [0.2, 0.25) is 0 Å². The first-order chi connectivity index (χ1) is 14.9. The van der Waals surface area contributed by atoms with Crippen molar-refractivity contribution >= 4 is 11.9 Å². The summed E-state index contributed by atoms with van der Waals surface area (Å²) < 4.78 is 33.4. The minimum absolute atomic E-state index is 0.178.